The summed E-state index contributed by atoms with van der Waals surface area (Å²) in [6, 6.07) is 0.599. The van der Waals surface area contributed by atoms with Crippen molar-refractivity contribution >= 4 is 5.69 Å². The van der Waals surface area contributed by atoms with Crippen LogP contribution in [0.5, 0.6) is 0 Å². The maximum absolute atomic E-state index is 4.47. The van der Waals surface area contributed by atoms with Gasteiger partial charge >= 0.3 is 0 Å². The minimum atomic E-state index is 0.418. The normalized spacial score (nSPS) is 23.6. The van der Waals surface area contributed by atoms with Crippen molar-refractivity contribution in [2.24, 2.45) is 12.5 Å². The zero-order chi connectivity index (χ0) is 11.8. The van der Waals surface area contributed by atoms with Crippen LogP contribution in [0.2, 0.25) is 0 Å². The molecule has 1 atom stereocenters. The van der Waals surface area contributed by atoms with E-state index in [4.69, 9.17) is 0 Å². The second-order valence-electron chi connectivity index (χ2n) is 5.59. The number of aryl methyl sites for hydroxylation is 2. The van der Waals surface area contributed by atoms with Gasteiger partial charge in [0.2, 0.25) is 0 Å². The molecule has 1 saturated carbocycles. The van der Waals surface area contributed by atoms with E-state index in [1.807, 2.05) is 11.7 Å². The molecular formula is C13H23N3. The smallest absolute Gasteiger partial charge is 0.0853 e. The Kier molecular flexibility index (Phi) is 2.96. The average Bonchev–Trinajstić information content (AvgIpc) is 2.71. The summed E-state index contributed by atoms with van der Waals surface area (Å²) >= 11 is 0. The van der Waals surface area contributed by atoms with Gasteiger partial charge in [-0.2, -0.15) is 5.10 Å². The Balaban J connectivity index is 2.14. The van der Waals surface area contributed by atoms with E-state index >= 15 is 0 Å². The molecule has 0 amide bonds. The van der Waals surface area contributed by atoms with Crippen LogP contribution in [-0.2, 0) is 13.5 Å². The van der Waals surface area contributed by atoms with Crippen molar-refractivity contribution in [3.63, 3.8) is 0 Å². The molecule has 0 radical (unpaired) electrons. The summed E-state index contributed by atoms with van der Waals surface area (Å²) in [4.78, 5) is 0. The van der Waals surface area contributed by atoms with E-state index in [9.17, 15) is 0 Å². The zero-order valence-electron chi connectivity index (χ0n) is 10.9. The highest BCUT2D eigenvalue weighted by atomic mass is 15.3. The van der Waals surface area contributed by atoms with E-state index in [1.165, 1.54) is 30.6 Å². The van der Waals surface area contributed by atoms with E-state index in [0.29, 0.717) is 11.5 Å². The molecule has 0 spiro atoms. The number of nitrogens with one attached hydrogen (secondary N) is 1. The van der Waals surface area contributed by atoms with Crippen molar-refractivity contribution in [3.05, 3.63) is 11.9 Å². The van der Waals surface area contributed by atoms with Crippen LogP contribution in [0.15, 0.2) is 6.20 Å². The lowest BCUT2D eigenvalue weighted by Gasteiger charge is -2.28. The second-order valence-corrected chi connectivity index (χ2v) is 5.59. The number of anilines is 1. The first-order valence-electron chi connectivity index (χ1n) is 6.32. The van der Waals surface area contributed by atoms with Gasteiger partial charge in [-0.15, -0.1) is 0 Å². The Morgan fingerprint density at radius 2 is 2.31 bits per heavy atom. The molecule has 1 aromatic rings. The summed E-state index contributed by atoms with van der Waals surface area (Å²) in [5, 5.41) is 8.16. The molecule has 1 aliphatic rings. The van der Waals surface area contributed by atoms with Crippen molar-refractivity contribution < 1.29 is 0 Å². The van der Waals surface area contributed by atoms with Crippen molar-refractivity contribution in [2.45, 2.75) is 52.5 Å². The Morgan fingerprint density at radius 1 is 1.56 bits per heavy atom. The van der Waals surface area contributed by atoms with Crippen LogP contribution in [-0.4, -0.2) is 15.8 Å². The first kappa shape index (κ1) is 11.5. The third-order valence-electron chi connectivity index (χ3n) is 3.83. The molecule has 16 heavy (non-hydrogen) atoms. The fourth-order valence-electron chi connectivity index (χ4n) is 2.70. The minimum Gasteiger partial charge on any atom is -0.379 e. The molecule has 1 heterocycles. The SMILES string of the molecule is CCc1nn(C)cc1NC1CCCC1(C)C. The van der Waals surface area contributed by atoms with Crippen LogP contribution in [0.4, 0.5) is 5.69 Å². The van der Waals surface area contributed by atoms with Crippen molar-refractivity contribution in [3.8, 4) is 0 Å². The van der Waals surface area contributed by atoms with Gasteiger partial charge in [0.15, 0.2) is 0 Å². The van der Waals surface area contributed by atoms with E-state index < -0.39 is 0 Å². The van der Waals surface area contributed by atoms with Gasteiger partial charge < -0.3 is 5.32 Å². The molecule has 1 N–H and O–H groups in total. The summed E-state index contributed by atoms with van der Waals surface area (Å²) in [5.41, 5.74) is 2.83. The third-order valence-corrected chi connectivity index (χ3v) is 3.83. The van der Waals surface area contributed by atoms with Crippen LogP contribution in [0.25, 0.3) is 0 Å². The van der Waals surface area contributed by atoms with E-state index in [1.54, 1.807) is 0 Å². The Morgan fingerprint density at radius 3 is 2.88 bits per heavy atom. The predicted molar refractivity (Wildman–Crippen MR) is 67.6 cm³/mol. The fraction of sp³-hybridized carbons (Fsp3) is 0.769. The van der Waals surface area contributed by atoms with Gasteiger partial charge in [-0.1, -0.05) is 27.2 Å². The summed E-state index contributed by atoms with van der Waals surface area (Å²) in [5.74, 6) is 0. The Bertz CT molecular complexity index is 365. The molecule has 0 aliphatic heterocycles. The highest BCUT2D eigenvalue weighted by Gasteiger charge is 2.34. The lowest BCUT2D eigenvalue weighted by molar-refractivity contribution is 0.350. The topological polar surface area (TPSA) is 29.9 Å². The first-order valence-corrected chi connectivity index (χ1v) is 6.32. The van der Waals surface area contributed by atoms with Gasteiger partial charge in [0.05, 0.1) is 11.4 Å². The molecular weight excluding hydrogens is 198 g/mol. The van der Waals surface area contributed by atoms with Crippen LogP contribution in [0.3, 0.4) is 0 Å². The minimum absolute atomic E-state index is 0.418. The Hall–Kier alpha value is -0.990. The van der Waals surface area contributed by atoms with Gasteiger partial charge in [-0.25, -0.2) is 0 Å². The molecule has 90 valence electrons. The van der Waals surface area contributed by atoms with Crippen molar-refractivity contribution in [1.29, 1.82) is 0 Å². The summed E-state index contributed by atoms with van der Waals surface area (Å²) in [6.45, 7) is 6.88. The fourth-order valence-corrected chi connectivity index (χ4v) is 2.70. The summed E-state index contributed by atoms with van der Waals surface area (Å²) in [6.07, 6.45) is 7.05. The molecule has 1 aromatic heterocycles. The highest BCUT2D eigenvalue weighted by Crippen LogP contribution is 2.39. The van der Waals surface area contributed by atoms with E-state index in [-0.39, 0.29) is 0 Å². The molecule has 1 fully saturated rings. The first-order chi connectivity index (χ1) is 7.53. The average molecular weight is 221 g/mol. The van der Waals surface area contributed by atoms with Gasteiger partial charge in [-0.3, -0.25) is 4.68 Å². The zero-order valence-corrected chi connectivity index (χ0v) is 10.9. The van der Waals surface area contributed by atoms with Crippen molar-refractivity contribution in [2.75, 3.05) is 5.32 Å². The quantitative estimate of drug-likeness (QED) is 0.850. The maximum Gasteiger partial charge on any atom is 0.0853 e. The molecule has 1 aliphatic carbocycles. The lowest BCUT2D eigenvalue weighted by atomic mass is 9.87. The number of hydrogen-bond donors (Lipinski definition) is 1. The molecule has 3 nitrogen and oxygen atoms in total. The molecule has 0 saturated heterocycles. The summed E-state index contributed by atoms with van der Waals surface area (Å²) in [7, 11) is 1.99. The van der Waals surface area contributed by atoms with Crippen molar-refractivity contribution in [1.82, 2.24) is 9.78 Å². The van der Waals surface area contributed by atoms with Gasteiger partial charge in [0.25, 0.3) is 0 Å². The largest absolute Gasteiger partial charge is 0.379 e. The molecule has 2 rings (SSSR count). The molecule has 0 bridgehead atoms. The standard InChI is InChI=1S/C13H23N3/c1-5-10-11(9-16(4)15-10)14-12-7-6-8-13(12,2)3/h9,12,14H,5-8H2,1-4H3. The van der Waals surface area contributed by atoms with Gasteiger partial charge in [0.1, 0.15) is 0 Å². The van der Waals surface area contributed by atoms with E-state index in [2.05, 4.69) is 37.4 Å². The van der Waals surface area contributed by atoms with Crippen LogP contribution < -0.4 is 5.32 Å². The number of nitrogens with zero attached hydrogens (tertiary/aromatic N) is 2. The van der Waals surface area contributed by atoms with Crippen LogP contribution >= 0.6 is 0 Å². The lowest BCUT2D eigenvalue weighted by Crippen LogP contribution is -2.30. The van der Waals surface area contributed by atoms with Crippen LogP contribution in [0, 0.1) is 5.41 Å². The number of hydrogen-bond acceptors (Lipinski definition) is 2. The molecule has 0 aromatic carbocycles. The molecule has 3 heteroatoms. The predicted octanol–water partition coefficient (Wildman–Crippen LogP) is 2.97. The molecule has 1 unspecified atom stereocenters. The van der Waals surface area contributed by atoms with E-state index in [0.717, 1.165) is 6.42 Å². The van der Waals surface area contributed by atoms with Crippen LogP contribution in [0.1, 0.15) is 45.7 Å². The monoisotopic (exact) mass is 221 g/mol. The second kappa shape index (κ2) is 4.11. The number of aromatic nitrogens is 2. The number of rotatable bonds is 3. The highest BCUT2D eigenvalue weighted by molar-refractivity contribution is 5.47. The summed E-state index contributed by atoms with van der Waals surface area (Å²) < 4.78 is 1.91. The maximum atomic E-state index is 4.47. The third kappa shape index (κ3) is 2.08. The Labute approximate surface area is 98.2 Å². The van der Waals surface area contributed by atoms with Gasteiger partial charge in [0, 0.05) is 19.3 Å². The van der Waals surface area contributed by atoms with Gasteiger partial charge in [-0.05, 0) is 24.7 Å².